The summed E-state index contributed by atoms with van der Waals surface area (Å²) < 4.78 is 5.82. The lowest BCUT2D eigenvalue weighted by atomic mass is 9.96. The van der Waals surface area contributed by atoms with Gasteiger partial charge in [0.2, 0.25) is 0 Å². The van der Waals surface area contributed by atoms with Crippen LogP contribution in [0.2, 0.25) is 0 Å². The number of rotatable bonds is 6. The Bertz CT molecular complexity index is 695. The highest BCUT2D eigenvalue weighted by atomic mass is 16.5. The van der Waals surface area contributed by atoms with Crippen molar-refractivity contribution in [2.24, 2.45) is 5.92 Å². The fourth-order valence-corrected chi connectivity index (χ4v) is 4.03. The topological polar surface area (TPSA) is 82.7 Å². The van der Waals surface area contributed by atoms with Gasteiger partial charge in [0.25, 0.3) is 0 Å². The molecule has 0 unspecified atom stereocenters. The summed E-state index contributed by atoms with van der Waals surface area (Å²) in [5.74, 6) is 1.10. The van der Waals surface area contributed by atoms with Gasteiger partial charge in [-0.05, 0) is 43.7 Å². The van der Waals surface area contributed by atoms with E-state index in [4.69, 9.17) is 4.74 Å². The van der Waals surface area contributed by atoms with Crippen molar-refractivity contribution in [2.75, 3.05) is 25.0 Å². The Morgan fingerprint density at radius 3 is 2.30 bits per heavy atom. The highest BCUT2D eigenvalue weighted by Crippen LogP contribution is 2.25. The van der Waals surface area contributed by atoms with E-state index in [1.807, 2.05) is 24.3 Å². The molecule has 4 amide bonds. The Balaban J connectivity index is 1.42. The number of piperidine rings is 1. The first-order valence-corrected chi connectivity index (χ1v) is 11.4. The average Bonchev–Trinajstić information content (AvgIpc) is 2.74. The van der Waals surface area contributed by atoms with Gasteiger partial charge < -0.3 is 25.6 Å². The van der Waals surface area contributed by atoms with E-state index in [9.17, 15) is 9.59 Å². The molecule has 0 bridgehead atoms. The average molecular weight is 417 g/mol. The van der Waals surface area contributed by atoms with E-state index < -0.39 is 0 Å². The van der Waals surface area contributed by atoms with Gasteiger partial charge >= 0.3 is 12.1 Å². The summed E-state index contributed by atoms with van der Waals surface area (Å²) in [6, 6.07) is 7.75. The van der Waals surface area contributed by atoms with Crippen molar-refractivity contribution in [3.05, 3.63) is 24.3 Å². The number of amides is 4. The lowest BCUT2D eigenvalue weighted by Gasteiger charge is -2.33. The molecule has 166 valence electrons. The van der Waals surface area contributed by atoms with E-state index in [0.29, 0.717) is 43.1 Å². The fourth-order valence-electron chi connectivity index (χ4n) is 4.03. The van der Waals surface area contributed by atoms with Crippen LogP contribution in [0.1, 0.15) is 58.8 Å². The minimum Gasteiger partial charge on any atom is -0.491 e. The molecule has 3 rings (SSSR count). The number of benzene rings is 1. The molecule has 1 saturated carbocycles. The maximum Gasteiger partial charge on any atom is 0.321 e. The van der Waals surface area contributed by atoms with Crippen LogP contribution in [0, 0.1) is 5.92 Å². The first-order valence-electron chi connectivity index (χ1n) is 11.4. The molecule has 2 fully saturated rings. The molecule has 1 aromatic rings. The van der Waals surface area contributed by atoms with Gasteiger partial charge in [0.1, 0.15) is 5.75 Å². The highest BCUT2D eigenvalue weighted by Gasteiger charge is 2.25. The Hall–Kier alpha value is -2.44. The Labute approximate surface area is 179 Å². The van der Waals surface area contributed by atoms with Crippen LogP contribution in [0.25, 0.3) is 0 Å². The Kier molecular flexibility index (Phi) is 8.22. The first kappa shape index (κ1) is 22.2. The number of anilines is 1. The number of hydrogen-bond donors (Lipinski definition) is 3. The van der Waals surface area contributed by atoms with Gasteiger partial charge in [-0.2, -0.15) is 0 Å². The molecule has 0 aromatic heterocycles. The van der Waals surface area contributed by atoms with E-state index in [1.54, 1.807) is 4.90 Å². The molecule has 0 radical (unpaired) electrons. The largest absolute Gasteiger partial charge is 0.491 e. The van der Waals surface area contributed by atoms with E-state index in [-0.39, 0.29) is 18.1 Å². The molecule has 7 heteroatoms. The first-order chi connectivity index (χ1) is 14.5. The molecular weight excluding hydrogens is 380 g/mol. The number of nitrogens with one attached hydrogen (secondary N) is 3. The third-order valence-electron chi connectivity index (χ3n) is 5.76. The summed E-state index contributed by atoms with van der Waals surface area (Å²) in [4.78, 5) is 26.8. The zero-order valence-electron chi connectivity index (χ0n) is 18.3. The smallest absolute Gasteiger partial charge is 0.321 e. The van der Waals surface area contributed by atoms with E-state index in [1.165, 1.54) is 19.3 Å². The molecule has 1 aliphatic carbocycles. The maximum atomic E-state index is 12.7. The van der Waals surface area contributed by atoms with Crippen LogP contribution in [0.3, 0.4) is 0 Å². The van der Waals surface area contributed by atoms with Crippen molar-refractivity contribution in [2.45, 2.75) is 70.9 Å². The van der Waals surface area contributed by atoms with E-state index >= 15 is 0 Å². The SMILES string of the molecule is CC(C)COc1ccccc1NC(=O)N1CCC(NC(=O)NC2CCCCC2)CC1. The number of nitrogens with zero attached hydrogens (tertiary/aromatic N) is 1. The summed E-state index contributed by atoms with van der Waals surface area (Å²) >= 11 is 0. The number of carbonyl (C=O) groups is 2. The Morgan fingerprint density at radius 2 is 1.63 bits per heavy atom. The summed E-state index contributed by atoms with van der Waals surface area (Å²) in [5, 5.41) is 9.16. The maximum absolute atomic E-state index is 12.7. The Morgan fingerprint density at radius 1 is 1.00 bits per heavy atom. The molecule has 7 nitrogen and oxygen atoms in total. The molecule has 1 saturated heterocycles. The molecule has 30 heavy (non-hydrogen) atoms. The second-order valence-corrected chi connectivity index (χ2v) is 8.85. The van der Waals surface area contributed by atoms with Crippen LogP contribution in [-0.4, -0.2) is 48.7 Å². The molecule has 1 aromatic carbocycles. The third kappa shape index (κ3) is 6.82. The van der Waals surface area contributed by atoms with E-state index in [2.05, 4.69) is 29.8 Å². The van der Waals surface area contributed by atoms with Crippen LogP contribution in [0.5, 0.6) is 5.75 Å². The summed E-state index contributed by atoms with van der Waals surface area (Å²) in [5.41, 5.74) is 0.690. The van der Waals surface area contributed by atoms with Crippen molar-refractivity contribution in [3.8, 4) is 5.75 Å². The van der Waals surface area contributed by atoms with Crippen molar-refractivity contribution in [1.82, 2.24) is 15.5 Å². The number of ether oxygens (including phenoxy) is 1. The van der Waals surface area contributed by atoms with Gasteiger partial charge in [-0.3, -0.25) is 0 Å². The summed E-state index contributed by atoms with van der Waals surface area (Å²) in [6.45, 7) is 6.03. The van der Waals surface area contributed by atoms with Crippen molar-refractivity contribution < 1.29 is 14.3 Å². The van der Waals surface area contributed by atoms with Crippen LogP contribution in [0.15, 0.2) is 24.3 Å². The lowest BCUT2D eigenvalue weighted by Crippen LogP contribution is -2.51. The standard InChI is InChI=1S/C23H36N4O3/c1-17(2)16-30-21-11-7-6-10-20(21)26-23(29)27-14-12-19(13-15-27)25-22(28)24-18-8-4-3-5-9-18/h6-7,10-11,17-19H,3-5,8-9,12-16H2,1-2H3,(H,26,29)(H2,24,25,28). The quantitative estimate of drug-likeness (QED) is 0.645. The van der Waals surface area contributed by atoms with Crippen molar-refractivity contribution >= 4 is 17.7 Å². The minimum atomic E-state index is -0.124. The summed E-state index contributed by atoms with van der Waals surface area (Å²) in [6.07, 6.45) is 7.35. The van der Waals surface area contributed by atoms with Gasteiger partial charge in [0, 0.05) is 25.2 Å². The van der Waals surface area contributed by atoms with Crippen LogP contribution in [0.4, 0.5) is 15.3 Å². The van der Waals surface area contributed by atoms with Gasteiger partial charge in [-0.15, -0.1) is 0 Å². The molecule has 0 spiro atoms. The number of likely N-dealkylation sites (tertiary alicyclic amines) is 1. The van der Waals surface area contributed by atoms with Crippen LogP contribution < -0.4 is 20.7 Å². The van der Waals surface area contributed by atoms with Gasteiger partial charge in [-0.1, -0.05) is 45.2 Å². The number of hydrogen-bond acceptors (Lipinski definition) is 3. The monoisotopic (exact) mass is 416 g/mol. The van der Waals surface area contributed by atoms with Gasteiger partial charge in [0.15, 0.2) is 0 Å². The molecule has 0 atom stereocenters. The normalized spacial score (nSPS) is 18.2. The fraction of sp³-hybridized carbons (Fsp3) is 0.652. The predicted octanol–water partition coefficient (Wildman–Crippen LogP) is 4.35. The predicted molar refractivity (Wildman–Crippen MR) is 119 cm³/mol. The zero-order chi connectivity index (χ0) is 21.3. The van der Waals surface area contributed by atoms with Crippen molar-refractivity contribution in [3.63, 3.8) is 0 Å². The van der Waals surface area contributed by atoms with Crippen molar-refractivity contribution in [1.29, 1.82) is 0 Å². The molecule has 2 aliphatic rings. The third-order valence-corrected chi connectivity index (χ3v) is 5.76. The highest BCUT2D eigenvalue weighted by molar-refractivity contribution is 5.91. The zero-order valence-corrected chi connectivity index (χ0v) is 18.3. The van der Waals surface area contributed by atoms with Crippen LogP contribution >= 0.6 is 0 Å². The van der Waals surface area contributed by atoms with Crippen LogP contribution in [-0.2, 0) is 0 Å². The van der Waals surface area contributed by atoms with E-state index in [0.717, 1.165) is 25.7 Å². The molecule has 1 aliphatic heterocycles. The van der Waals surface area contributed by atoms with Gasteiger partial charge in [0.05, 0.1) is 12.3 Å². The molecule has 1 heterocycles. The number of para-hydroxylation sites is 2. The molecular formula is C23H36N4O3. The number of urea groups is 2. The minimum absolute atomic E-state index is 0.0685. The summed E-state index contributed by atoms with van der Waals surface area (Å²) in [7, 11) is 0. The second-order valence-electron chi connectivity index (χ2n) is 8.85. The molecule has 3 N–H and O–H groups in total. The van der Waals surface area contributed by atoms with Gasteiger partial charge in [-0.25, -0.2) is 9.59 Å². The number of carbonyl (C=O) groups excluding carboxylic acids is 2. The second kappa shape index (κ2) is 11.1. The lowest BCUT2D eigenvalue weighted by molar-refractivity contribution is 0.186.